The largest absolute Gasteiger partial charge is 0.493 e. The third-order valence-electron chi connectivity index (χ3n) is 6.24. The molecule has 13 nitrogen and oxygen atoms in total. The van der Waals surface area contributed by atoms with Crippen LogP contribution in [0.1, 0.15) is 5.56 Å². The van der Waals surface area contributed by atoms with Crippen LogP contribution in [0.4, 0.5) is 20.7 Å². The number of amides is 1. The second-order valence-electron chi connectivity index (χ2n) is 9.62. The SMILES string of the molecule is COc1ccccc1Oc1c(NS(=O)(=O)c2ccc(C)cn2)nc(-c2ccncc2)nc1OCC#CCOC(=O)Nc1ccccc1F. The molecule has 0 aliphatic carbocycles. The first-order chi connectivity index (χ1) is 23.2. The minimum absolute atomic E-state index is 0.0419. The Morgan fingerprint density at radius 3 is 2.38 bits per heavy atom. The number of carbonyl (C=O) groups is 1. The number of pyridine rings is 2. The molecule has 0 saturated heterocycles. The van der Waals surface area contributed by atoms with Gasteiger partial charge < -0.3 is 18.9 Å². The molecular formula is C33H27FN6O7S. The van der Waals surface area contributed by atoms with Crippen LogP contribution in [0.3, 0.4) is 0 Å². The molecule has 0 aliphatic rings. The highest BCUT2D eigenvalue weighted by Gasteiger charge is 2.26. The molecule has 0 radical (unpaired) electrons. The standard InChI is InChI=1S/C33H27FN6O7S/c1-22-13-14-28(36-21-22)48(42,43)40-31-29(47-27-12-6-5-11-26(27)44-2)32(39-30(38-31)23-15-17-35-18-16-23)45-19-7-8-20-46-33(41)37-25-10-4-3-9-24(25)34/h3-6,9-18,21H,19-20H2,1-2H3,(H,37,41)(H,38,39,40). The monoisotopic (exact) mass is 670 g/mol. The first kappa shape index (κ1) is 33.1. The third-order valence-corrected chi connectivity index (χ3v) is 7.49. The van der Waals surface area contributed by atoms with Gasteiger partial charge in [-0.05, 0) is 55.0 Å². The summed E-state index contributed by atoms with van der Waals surface area (Å²) in [6, 6.07) is 18.5. The maximum atomic E-state index is 13.8. The molecule has 0 bridgehead atoms. The summed E-state index contributed by atoms with van der Waals surface area (Å²) in [6.07, 6.45) is 3.56. The summed E-state index contributed by atoms with van der Waals surface area (Å²) >= 11 is 0. The van der Waals surface area contributed by atoms with Crippen molar-refractivity contribution >= 4 is 27.6 Å². The van der Waals surface area contributed by atoms with E-state index in [-0.39, 0.29) is 52.9 Å². The molecule has 244 valence electrons. The third kappa shape index (κ3) is 8.50. The van der Waals surface area contributed by atoms with E-state index >= 15 is 0 Å². The maximum Gasteiger partial charge on any atom is 0.412 e. The number of rotatable bonds is 11. The highest BCUT2D eigenvalue weighted by molar-refractivity contribution is 7.92. The van der Waals surface area contributed by atoms with Crippen molar-refractivity contribution in [2.45, 2.75) is 11.9 Å². The Balaban J connectivity index is 1.45. The molecule has 0 saturated carbocycles. The Bertz CT molecular complexity index is 2070. The number of anilines is 2. The van der Waals surface area contributed by atoms with Crippen molar-refractivity contribution in [3.05, 3.63) is 103 Å². The van der Waals surface area contributed by atoms with Crippen molar-refractivity contribution < 1.29 is 36.6 Å². The topological polar surface area (TPSA) is 164 Å². The van der Waals surface area contributed by atoms with Crippen LogP contribution in [0.5, 0.6) is 23.1 Å². The number of hydrogen-bond acceptors (Lipinski definition) is 11. The second-order valence-corrected chi connectivity index (χ2v) is 11.3. The number of halogens is 1. The molecule has 48 heavy (non-hydrogen) atoms. The Labute approximate surface area is 275 Å². The summed E-state index contributed by atoms with van der Waals surface area (Å²) in [5.74, 6) is 4.67. The van der Waals surface area contributed by atoms with Crippen LogP contribution < -0.4 is 24.2 Å². The lowest BCUT2D eigenvalue weighted by atomic mass is 10.2. The smallest absolute Gasteiger partial charge is 0.412 e. The quantitative estimate of drug-likeness (QED) is 0.168. The summed E-state index contributed by atoms with van der Waals surface area (Å²) in [4.78, 5) is 29.0. The first-order valence-corrected chi connectivity index (χ1v) is 15.6. The number of methoxy groups -OCH3 is 1. The molecule has 15 heteroatoms. The fourth-order valence-electron chi connectivity index (χ4n) is 3.94. The Kier molecular flexibility index (Phi) is 10.6. The number of para-hydroxylation sites is 3. The zero-order valence-corrected chi connectivity index (χ0v) is 26.3. The number of ether oxygens (including phenoxy) is 4. The zero-order chi connectivity index (χ0) is 33.9. The average Bonchev–Trinajstić information content (AvgIpc) is 3.09. The lowest BCUT2D eigenvalue weighted by Crippen LogP contribution is -2.17. The Morgan fingerprint density at radius 1 is 0.917 bits per heavy atom. The van der Waals surface area contributed by atoms with Crippen molar-refractivity contribution in [3.8, 4) is 46.4 Å². The van der Waals surface area contributed by atoms with Gasteiger partial charge in [0.2, 0.25) is 5.75 Å². The number of benzene rings is 2. The van der Waals surface area contributed by atoms with E-state index in [1.165, 1.54) is 50.0 Å². The summed E-state index contributed by atoms with van der Waals surface area (Å²) < 4.78 is 65.6. The normalized spacial score (nSPS) is 10.6. The van der Waals surface area contributed by atoms with E-state index in [2.05, 4.69) is 41.8 Å². The Hall–Kier alpha value is -6.27. The molecule has 0 spiro atoms. The van der Waals surface area contributed by atoms with Gasteiger partial charge in [-0.25, -0.2) is 19.2 Å². The van der Waals surface area contributed by atoms with Gasteiger partial charge in [-0.3, -0.25) is 15.0 Å². The molecule has 3 heterocycles. The molecule has 5 aromatic rings. The van der Waals surface area contributed by atoms with Gasteiger partial charge >= 0.3 is 6.09 Å². The van der Waals surface area contributed by atoms with Gasteiger partial charge in [-0.1, -0.05) is 42.2 Å². The number of nitrogens with zero attached hydrogens (tertiary/aromatic N) is 4. The van der Waals surface area contributed by atoms with Crippen LogP contribution in [-0.2, 0) is 14.8 Å². The molecular weight excluding hydrogens is 643 g/mol. The van der Waals surface area contributed by atoms with E-state index in [1.54, 1.807) is 55.5 Å². The van der Waals surface area contributed by atoms with Gasteiger partial charge in [0.1, 0.15) is 5.82 Å². The number of aromatic nitrogens is 4. The fourth-order valence-corrected chi connectivity index (χ4v) is 4.88. The lowest BCUT2D eigenvalue weighted by molar-refractivity contribution is 0.175. The number of carbonyl (C=O) groups excluding carboxylic acids is 1. The van der Waals surface area contributed by atoms with Crippen LogP contribution in [0.25, 0.3) is 11.4 Å². The zero-order valence-electron chi connectivity index (χ0n) is 25.5. The van der Waals surface area contributed by atoms with Gasteiger partial charge in [0, 0.05) is 24.2 Å². The van der Waals surface area contributed by atoms with Crippen LogP contribution in [0.2, 0.25) is 0 Å². The van der Waals surface area contributed by atoms with Crippen molar-refractivity contribution in [1.82, 2.24) is 19.9 Å². The average molecular weight is 671 g/mol. The minimum Gasteiger partial charge on any atom is -0.493 e. The van der Waals surface area contributed by atoms with Gasteiger partial charge in [-0.2, -0.15) is 13.4 Å². The molecule has 5 rings (SSSR count). The highest BCUT2D eigenvalue weighted by Crippen LogP contribution is 2.41. The second kappa shape index (κ2) is 15.3. The first-order valence-electron chi connectivity index (χ1n) is 14.1. The van der Waals surface area contributed by atoms with Crippen molar-refractivity contribution in [2.75, 3.05) is 30.4 Å². The number of sulfonamides is 1. The van der Waals surface area contributed by atoms with Crippen molar-refractivity contribution in [1.29, 1.82) is 0 Å². The van der Waals surface area contributed by atoms with Crippen LogP contribution in [0, 0.1) is 24.6 Å². The number of nitrogens with one attached hydrogen (secondary N) is 2. The summed E-state index contributed by atoms with van der Waals surface area (Å²) in [7, 11) is -2.83. The molecule has 3 aromatic heterocycles. The summed E-state index contributed by atoms with van der Waals surface area (Å²) in [6.45, 7) is 1.15. The highest BCUT2D eigenvalue weighted by atomic mass is 32.2. The van der Waals surface area contributed by atoms with Crippen LogP contribution in [-0.4, -0.2) is 54.8 Å². The van der Waals surface area contributed by atoms with Crippen LogP contribution >= 0.6 is 0 Å². The van der Waals surface area contributed by atoms with E-state index < -0.39 is 21.9 Å². The maximum absolute atomic E-state index is 13.8. The van der Waals surface area contributed by atoms with Gasteiger partial charge in [0.15, 0.2) is 41.4 Å². The van der Waals surface area contributed by atoms with E-state index in [9.17, 15) is 17.6 Å². The number of hydrogen-bond donors (Lipinski definition) is 2. The Morgan fingerprint density at radius 2 is 1.65 bits per heavy atom. The number of aryl methyl sites for hydroxylation is 1. The van der Waals surface area contributed by atoms with Gasteiger partial charge in [0.25, 0.3) is 15.9 Å². The summed E-state index contributed by atoms with van der Waals surface area (Å²) in [5.41, 5.74) is 1.22. The van der Waals surface area contributed by atoms with Crippen molar-refractivity contribution in [2.24, 2.45) is 0 Å². The molecule has 0 atom stereocenters. The van der Waals surface area contributed by atoms with E-state index in [0.29, 0.717) is 11.3 Å². The van der Waals surface area contributed by atoms with Crippen molar-refractivity contribution in [3.63, 3.8) is 0 Å². The minimum atomic E-state index is -4.28. The predicted molar refractivity (Wildman–Crippen MR) is 173 cm³/mol. The fraction of sp³-hybridized carbons (Fsp3) is 0.121. The lowest BCUT2D eigenvalue weighted by Gasteiger charge is -2.17. The molecule has 0 fully saturated rings. The molecule has 2 aromatic carbocycles. The predicted octanol–water partition coefficient (Wildman–Crippen LogP) is 5.61. The molecule has 0 aliphatic heterocycles. The van der Waals surface area contributed by atoms with E-state index in [0.717, 1.165) is 5.56 Å². The molecule has 0 unspecified atom stereocenters. The van der Waals surface area contributed by atoms with E-state index in [4.69, 9.17) is 18.9 Å². The van der Waals surface area contributed by atoms with Gasteiger partial charge in [0.05, 0.1) is 12.8 Å². The molecule has 1 amide bonds. The van der Waals surface area contributed by atoms with E-state index in [1.807, 2.05) is 0 Å². The van der Waals surface area contributed by atoms with Gasteiger partial charge in [-0.15, -0.1) is 0 Å². The van der Waals surface area contributed by atoms with Crippen LogP contribution in [0.15, 0.2) is 96.4 Å². The summed E-state index contributed by atoms with van der Waals surface area (Å²) in [5, 5.41) is 2.03. The molecule has 2 N–H and O–H groups in total.